The Morgan fingerprint density at radius 2 is 2.17 bits per heavy atom. The summed E-state index contributed by atoms with van der Waals surface area (Å²) in [5.41, 5.74) is 2.33. The number of carbonyl (C=O) groups is 1. The van der Waals surface area contributed by atoms with Gasteiger partial charge in [0.05, 0.1) is 12.0 Å². The standard InChI is InChI=1S/C18H24N4OS/c1-22(16-8-3-2-4-9-16)12-15-7-5-6-14(10-15)11-19-21-18-20-17(23)13-24-18/h5-7,10-11,16H,2-4,8-9,12-13H2,1H3,(H,20,21,23). The number of amides is 1. The molecule has 5 nitrogen and oxygen atoms in total. The van der Waals surface area contributed by atoms with Crippen molar-refractivity contribution in [2.75, 3.05) is 12.8 Å². The molecule has 3 rings (SSSR count). The summed E-state index contributed by atoms with van der Waals surface area (Å²) < 4.78 is 0. The van der Waals surface area contributed by atoms with Crippen LogP contribution in [0, 0.1) is 0 Å². The molecule has 24 heavy (non-hydrogen) atoms. The molecular formula is C18H24N4OS. The highest BCUT2D eigenvalue weighted by molar-refractivity contribution is 8.15. The molecule has 1 aliphatic carbocycles. The Kier molecular flexibility index (Phi) is 6.04. The number of rotatable bonds is 5. The first-order valence-electron chi connectivity index (χ1n) is 8.53. The molecular weight excluding hydrogens is 320 g/mol. The zero-order valence-corrected chi connectivity index (χ0v) is 14.9. The molecule has 1 aromatic rings. The second-order valence-corrected chi connectivity index (χ2v) is 7.40. The largest absolute Gasteiger partial charge is 0.303 e. The zero-order valence-electron chi connectivity index (χ0n) is 14.1. The number of hydrogen-bond acceptors (Lipinski definition) is 5. The Morgan fingerprint density at radius 3 is 2.92 bits per heavy atom. The number of hydrogen-bond donors (Lipinski definition) is 1. The lowest BCUT2D eigenvalue weighted by atomic mass is 9.94. The van der Waals surface area contributed by atoms with Crippen molar-refractivity contribution in [3.63, 3.8) is 0 Å². The van der Waals surface area contributed by atoms with Gasteiger partial charge >= 0.3 is 0 Å². The second kappa shape index (κ2) is 8.44. The van der Waals surface area contributed by atoms with E-state index in [0.29, 0.717) is 17.0 Å². The number of amidine groups is 1. The van der Waals surface area contributed by atoms with E-state index in [-0.39, 0.29) is 5.91 Å². The van der Waals surface area contributed by atoms with Crippen LogP contribution in [0.4, 0.5) is 0 Å². The highest BCUT2D eigenvalue weighted by atomic mass is 32.2. The van der Waals surface area contributed by atoms with Crippen molar-refractivity contribution in [2.24, 2.45) is 10.2 Å². The van der Waals surface area contributed by atoms with Crippen molar-refractivity contribution < 1.29 is 4.79 Å². The highest BCUT2D eigenvalue weighted by Crippen LogP contribution is 2.23. The molecule has 1 saturated carbocycles. The van der Waals surface area contributed by atoms with Crippen molar-refractivity contribution >= 4 is 29.1 Å². The van der Waals surface area contributed by atoms with Crippen LogP contribution in [0.2, 0.25) is 0 Å². The molecule has 1 heterocycles. The molecule has 128 valence electrons. The van der Waals surface area contributed by atoms with Crippen LogP contribution in [0.3, 0.4) is 0 Å². The average molecular weight is 344 g/mol. The molecule has 1 aromatic carbocycles. The average Bonchev–Trinajstić information content (AvgIpc) is 3.01. The Balaban J connectivity index is 1.58. The SMILES string of the molecule is CN(Cc1cccc(C=NN=C2NC(=O)CS2)c1)C1CCCCC1. The summed E-state index contributed by atoms with van der Waals surface area (Å²) in [6, 6.07) is 9.11. The fraction of sp³-hybridized carbons (Fsp3) is 0.500. The van der Waals surface area contributed by atoms with E-state index in [9.17, 15) is 4.79 Å². The van der Waals surface area contributed by atoms with Crippen LogP contribution in [0.25, 0.3) is 0 Å². The van der Waals surface area contributed by atoms with Gasteiger partial charge in [-0.05, 0) is 37.1 Å². The predicted molar refractivity (Wildman–Crippen MR) is 100 cm³/mol. The van der Waals surface area contributed by atoms with Gasteiger partial charge in [-0.1, -0.05) is 49.2 Å². The first kappa shape index (κ1) is 17.2. The predicted octanol–water partition coefficient (Wildman–Crippen LogP) is 3.00. The number of thioether (sulfide) groups is 1. The fourth-order valence-electron chi connectivity index (χ4n) is 3.24. The van der Waals surface area contributed by atoms with Crippen molar-refractivity contribution in [1.82, 2.24) is 10.2 Å². The molecule has 0 spiro atoms. The van der Waals surface area contributed by atoms with Crippen molar-refractivity contribution in [3.05, 3.63) is 35.4 Å². The maximum Gasteiger partial charge on any atom is 0.236 e. The summed E-state index contributed by atoms with van der Waals surface area (Å²) in [5, 5.41) is 11.4. The monoisotopic (exact) mass is 344 g/mol. The van der Waals surface area contributed by atoms with Gasteiger partial charge < -0.3 is 5.32 Å². The third kappa shape index (κ3) is 4.92. The highest BCUT2D eigenvalue weighted by Gasteiger charge is 2.18. The quantitative estimate of drug-likeness (QED) is 0.660. The van der Waals surface area contributed by atoms with Crippen LogP contribution in [-0.2, 0) is 11.3 Å². The normalized spacial score (nSPS) is 21.1. The van der Waals surface area contributed by atoms with E-state index in [0.717, 1.165) is 12.1 Å². The summed E-state index contributed by atoms with van der Waals surface area (Å²) in [4.78, 5) is 13.6. The molecule has 1 N–H and O–H groups in total. The summed E-state index contributed by atoms with van der Waals surface area (Å²) in [6.07, 6.45) is 8.48. The molecule has 0 atom stereocenters. The van der Waals surface area contributed by atoms with E-state index in [4.69, 9.17) is 0 Å². The first-order valence-corrected chi connectivity index (χ1v) is 9.52. The molecule has 2 aliphatic rings. The first-order chi connectivity index (χ1) is 11.7. The van der Waals surface area contributed by atoms with Crippen LogP contribution in [0.1, 0.15) is 43.2 Å². The lowest BCUT2D eigenvalue weighted by molar-refractivity contribution is -0.116. The van der Waals surface area contributed by atoms with Gasteiger partial charge in [0.2, 0.25) is 5.91 Å². The van der Waals surface area contributed by atoms with Gasteiger partial charge in [-0.2, -0.15) is 5.10 Å². The molecule has 0 unspecified atom stereocenters. The Hall–Kier alpha value is -1.66. The van der Waals surface area contributed by atoms with Crippen molar-refractivity contribution in [2.45, 2.75) is 44.7 Å². The maximum atomic E-state index is 11.1. The zero-order chi connectivity index (χ0) is 16.8. The van der Waals surface area contributed by atoms with Crippen molar-refractivity contribution in [3.8, 4) is 0 Å². The van der Waals surface area contributed by atoms with E-state index in [2.05, 4.69) is 45.7 Å². The molecule has 0 radical (unpaired) electrons. The van der Waals surface area contributed by atoms with Gasteiger partial charge in [0.15, 0.2) is 5.17 Å². The minimum Gasteiger partial charge on any atom is -0.303 e. The maximum absolute atomic E-state index is 11.1. The van der Waals surface area contributed by atoms with Gasteiger partial charge in [-0.15, -0.1) is 5.10 Å². The Bertz CT molecular complexity index is 638. The van der Waals surface area contributed by atoms with Gasteiger partial charge in [-0.25, -0.2) is 0 Å². The summed E-state index contributed by atoms with van der Waals surface area (Å²) in [7, 11) is 2.22. The molecule has 0 bridgehead atoms. The van der Waals surface area contributed by atoms with E-state index in [1.54, 1.807) is 6.21 Å². The van der Waals surface area contributed by atoms with E-state index < -0.39 is 0 Å². The molecule has 2 fully saturated rings. The summed E-state index contributed by atoms with van der Waals surface area (Å²) >= 11 is 1.38. The van der Waals surface area contributed by atoms with E-state index in [1.165, 1.54) is 49.4 Å². The van der Waals surface area contributed by atoms with Crippen LogP contribution in [-0.4, -0.2) is 41.0 Å². The molecule has 1 aliphatic heterocycles. The van der Waals surface area contributed by atoms with Gasteiger partial charge in [0.25, 0.3) is 0 Å². The van der Waals surface area contributed by atoms with Gasteiger partial charge in [0.1, 0.15) is 0 Å². The third-order valence-corrected chi connectivity index (χ3v) is 5.39. The van der Waals surface area contributed by atoms with Crippen LogP contribution < -0.4 is 5.32 Å². The lowest BCUT2D eigenvalue weighted by Crippen LogP contribution is -2.32. The minimum absolute atomic E-state index is 0.0123. The number of benzene rings is 1. The second-order valence-electron chi connectivity index (χ2n) is 6.44. The van der Waals surface area contributed by atoms with E-state index >= 15 is 0 Å². The topological polar surface area (TPSA) is 57.1 Å². The molecule has 1 saturated heterocycles. The van der Waals surface area contributed by atoms with E-state index in [1.807, 2.05) is 6.07 Å². The minimum atomic E-state index is -0.0123. The summed E-state index contributed by atoms with van der Waals surface area (Å²) in [5.74, 6) is 0.416. The van der Waals surface area contributed by atoms with Gasteiger partial charge in [-0.3, -0.25) is 9.69 Å². The Morgan fingerprint density at radius 1 is 1.33 bits per heavy atom. The fourth-order valence-corrected chi connectivity index (χ4v) is 3.87. The summed E-state index contributed by atoms with van der Waals surface area (Å²) in [6.45, 7) is 0.965. The molecule has 1 amide bonds. The molecule has 6 heteroatoms. The number of carbonyl (C=O) groups excluding carboxylic acids is 1. The molecule has 0 aromatic heterocycles. The van der Waals surface area contributed by atoms with Crippen LogP contribution in [0.15, 0.2) is 34.5 Å². The van der Waals surface area contributed by atoms with Gasteiger partial charge in [0, 0.05) is 12.6 Å². The van der Waals surface area contributed by atoms with Crippen LogP contribution >= 0.6 is 11.8 Å². The number of nitrogens with one attached hydrogen (secondary N) is 1. The lowest BCUT2D eigenvalue weighted by Gasteiger charge is -2.31. The Labute approximate surface area is 147 Å². The van der Waals surface area contributed by atoms with Crippen LogP contribution in [0.5, 0.6) is 0 Å². The van der Waals surface area contributed by atoms with Crippen molar-refractivity contribution in [1.29, 1.82) is 0 Å². The third-order valence-electron chi connectivity index (χ3n) is 4.52. The smallest absolute Gasteiger partial charge is 0.236 e. The number of nitrogens with zero attached hydrogens (tertiary/aromatic N) is 3.